The monoisotopic (exact) mass is 277 g/mol. The van der Waals surface area contributed by atoms with Gasteiger partial charge in [-0.3, -0.25) is 4.90 Å². The van der Waals surface area contributed by atoms with Crippen LogP contribution in [0.4, 0.5) is 0 Å². The summed E-state index contributed by atoms with van der Waals surface area (Å²) >= 11 is 0. The third-order valence-corrected chi connectivity index (χ3v) is 5.86. The molecule has 0 aromatic heterocycles. The Morgan fingerprint density at radius 2 is 1.25 bits per heavy atom. The highest BCUT2D eigenvalue weighted by Crippen LogP contribution is 2.38. The summed E-state index contributed by atoms with van der Waals surface area (Å²) in [6, 6.07) is 0.950. The summed E-state index contributed by atoms with van der Waals surface area (Å²) in [5.74, 6) is 4.10. The van der Waals surface area contributed by atoms with E-state index in [-0.39, 0.29) is 0 Å². The Hall–Kier alpha value is -0.0400. The van der Waals surface area contributed by atoms with Crippen molar-refractivity contribution in [3.8, 4) is 0 Å². The Morgan fingerprint density at radius 3 is 1.70 bits per heavy atom. The van der Waals surface area contributed by atoms with Gasteiger partial charge in [-0.25, -0.2) is 0 Å². The van der Waals surface area contributed by atoms with Crippen molar-refractivity contribution in [2.45, 2.75) is 84.1 Å². The number of hydrogen-bond acceptors (Lipinski definition) is 1. The normalized spacial score (nSPS) is 31.2. The standard InChI is InChI=1S/C19H35N/c1-15(2)3-4-16-9-11-19(12-10-16)20(13-17-5-6-17)14-18-7-8-18/h15-19H,3-14H2,1-2H3. The van der Waals surface area contributed by atoms with Gasteiger partial charge in [-0.2, -0.15) is 0 Å². The highest BCUT2D eigenvalue weighted by molar-refractivity contribution is 4.88. The van der Waals surface area contributed by atoms with Gasteiger partial charge < -0.3 is 0 Å². The Labute approximate surface area is 126 Å². The van der Waals surface area contributed by atoms with E-state index in [2.05, 4.69) is 18.7 Å². The molecule has 1 nitrogen and oxygen atoms in total. The first-order chi connectivity index (χ1) is 9.70. The molecule has 0 unspecified atom stereocenters. The van der Waals surface area contributed by atoms with Gasteiger partial charge in [0.1, 0.15) is 0 Å². The van der Waals surface area contributed by atoms with E-state index in [0.29, 0.717) is 0 Å². The Kier molecular flexibility index (Phi) is 5.07. The van der Waals surface area contributed by atoms with E-state index in [1.807, 2.05) is 0 Å². The zero-order valence-corrected chi connectivity index (χ0v) is 13.8. The minimum atomic E-state index is 0.897. The lowest BCUT2D eigenvalue weighted by Gasteiger charge is -2.37. The highest BCUT2D eigenvalue weighted by Gasteiger charge is 2.34. The first-order valence-electron chi connectivity index (χ1n) is 9.44. The molecule has 3 fully saturated rings. The Morgan fingerprint density at radius 1 is 0.750 bits per heavy atom. The molecule has 0 amide bonds. The summed E-state index contributed by atoms with van der Waals surface area (Å²) in [5.41, 5.74) is 0. The molecule has 0 aromatic rings. The molecule has 3 aliphatic rings. The quantitative estimate of drug-likeness (QED) is 0.596. The number of hydrogen-bond donors (Lipinski definition) is 0. The zero-order valence-electron chi connectivity index (χ0n) is 13.8. The maximum Gasteiger partial charge on any atom is 0.00956 e. The molecule has 3 rings (SSSR count). The molecular formula is C19H35N. The molecule has 0 atom stereocenters. The van der Waals surface area contributed by atoms with E-state index in [9.17, 15) is 0 Å². The molecule has 1 heteroatoms. The van der Waals surface area contributed by atoms with Crippen LogP contribution in [0.3, 0.4) is 0 Å². The van der Waals surface area contributed by atoms with Crippen molar-refractivity contribution in [2.24, 2.45) is 23.7 Å². The summed E-state index contributed by atoms with van der Waals surface area (Å²) in [4.78, 5) is 2.92. The first-order valence-corrected chi connectivity index (χ1v) is 9.44. The van der Waals surface area contributed by atoms with Gasteiger partial charge in [0, 0.05) is 19.1 Å². The van der Waals surface area contributed by atoms with Gasteiger partial charge in [-0.15, -0.1) is 0 Å². The summed E-state index contributed by atoms with van der Waals surface area (Å²) in [5, 5.41) is 0. The molecule has 0 N–H and O–H groups in total. The van der Waals surface area contributed by atoms with Gasteiger partial charge in [0.15, 0.2) is 0 Å². The second kappa shape index (κ2) is 6.81. The smallest absolute Gasteiger partial charge is 0.00956 e. The molecule has 0 saturated heterocycles. The fourth-order valence-electron chi connectivity index (χ4n) is 4.00. The molecule has 0 spiro atoms. The topological polar surface area (TPSA) is 3.24 Å². The van der Waals surface area contributed by atoms with Crippen LogP contribution in [0.5, 0.6) is 0 Å². The van der Waals surface area contributed by atoms with E-state index < -0.39 is 0 Å². The first kappa shape index (κ1) is 14.9. The average molecular weight is 277 g/mol. The van der Waals surface area contributed by atoms with Crippen molar-refractivity contribution < 1.29 is 0 Å². The largest absolute Gasteiger partial charge is 0.300 e. The third kappa shape index (κ3) is 4.76. The van der Waals surface area contributed by atoms with Crippen molar-refractivity contribution in [3.63, 3.8) is 0 Å². The minimum Gasteiger partial charge on any atom is -0.300 e. The molecule has 116 valence electrons. The SMILES string of the molecule is CC(C)CCC1CCC(N(CC2CC2)CC2CC2)CC1. The van der Waals surface area contributed by atoms with Crippen molar-refractivity contribution in [2.75, 3.05) is 13.1 Å². The van der Waals surface area contributed by atoms with Crippen LogP contribution in [0, 0.1) is 23.7 Å². The predicted molar refractivity (Wildman–Crippen MR) is 86.8 cm³/mol. The van der Waals surface area contributed by atoms with E-state index in [1.165, 1.54) is 77.3 Å². The number of rotatable bonds is 8. The second-order valence-corrected chi connectivity index (χ2v) is 8.49. The van der Waals surface area contributed by atoms with Crippen LogP contribution in [0.1, 0.15) is 78.1 Å². The fraction of sp³-hybridized carbons (Fsp3) is 1.00. The van der Waals surface area contributed by atoms with E-state index in [0.717, 1.165) is 29.7 Å². The van der Waals surface area contributed by atoms with Gasteiger partial charge in [-0.05, 0) is 75.0 Å². The molecule has 20 heavy (non-hydrogen) atoms. The predicted octanol–water partition coefficient (Wildman–Crippen LogP) is 5.10. The van der Waals surface area contributed by atoms with Gasteiger partial charge in [0.05, 0.1) is 0 Å². The van der Waals surface area contributed by atoms with Crippen LogP contribution >= 0.6 is 0 Å². The van der Waals surface area contributed by atoms with Crippen LogP contribution in [0.25, 0.3) is 0 Å². The molecule has 0 aliphatic heterocycles. The van der Waals surface area contributed by atoms with Crippen molar-refractivity contribution in [3.05, 3.63) is 0 Å². The minimum absolute atomic E-state index is 0.897. The van der Waals surface area contributed by atoms with Crippen LogP contribution < -0.4 is 0 Å². The van der Waals surface area contributed by atoms with Crippen molar-refractivity contribution in [1.29, 1.82) is 0 Å². The van der Waals surface area contributed by atoms with Gasteiger partial charge in [-0.1, -0.05) is 26.7 Å². The Bertz CT molecular complexity index is 268. The molecule has 0 heterocycles. The Balaban J connectivity index is 1.42. The van der Waals surface area contributed by atoms with Gasteiger partial charge in [0.2, 0.25) is 0 Å². The molecular weight excluding hydrogens is 242 g/mol. The molecule has 3 saturated carbocycles. The lowest BCUT2D eigenvalue weighted by Crippen LogP contribution is -2.40. The maximum absolute atomic E-state index is 2.92. The summed E-state index contributed by atoms with van der Waals surface area (Å²) in [6.45, 7) is 7.63. The van der Waals surface area contributed by atoms with Crippen LogP contribution in [-0.2, 0) is 0 Å². The maximum atomic E-state index is 2.92. The summed E-state index contributed by atoms with van der Waals surface area (Å²) < 4.78 is 0. The second-order valence-electron chi connectivity index (χ2n) is 8.49. The third-order valence-electron chi connectivity index (χ3n) is 5.86. The van der Waals surface area contributed by atoms with Gasteiger partial charge >= 0.3 is 0 Å². The molecule has 0 radical (unpaired) electrons. The highest BCUT2D eigenvalue weighted by atomic mass is 15.2. The lowest BCUT2D eigenvalue weighted by molar-refractivity contribution is 0.121. The van der Waals surface area contributed by atoms with Crippen molar-refractivity contribution in [1.82, 2.24) is 4.90 Å². The van der Waals surface area contributed by atoms with Gasteiger partial charge in [0.25, 0.3) is 0 Å². The van der Waals surface area contributed by atoms with E-state index in [1.54, 1.807) is 0 Å². The molecule has 0 bridgehead atoms. The zero-order chi connectivity index (χ0) is 13.9. The lowest BCUT2D eigenvalue weighted by atomic mass is 9.81. The fourth-order valence-corrected chi connectivity index (χ4v) is 4.00. The summed E-state index contributed by atoms with van der Waals surface area (Å²) in [6.07, 6.45) is 15.1. The average Bonchev–Trinajstić information content (AvgIpc) is 3.31. The molecule has 3 aliphatic carbocycles. The van der Waals surface area contributed by atoms with Crippen LogP contribution in [-0.4, -0.2) is 24.0 Å². The van der Waals surface area contributed by atoms with E-state index in [4.69, 9.17) is 0 Å². The number of nitrogens with zero attached hydrogens (tertiary/aromatic N) is 1. The van der Waals surface area contributed by atoms with Crippen LogP contribution in [0.2, 0.25) is 0 Å². The van der Waals surface area contributed by atoms with Crippen molar-refractivity contribution >= 4 is 0 Å². The summed E-state index contributed by atoms with van der Waals surface area (Å²) in [7, 11) is 0. The molecule has 0 aromatic carbocycles. The van der Waals surface area contributed by atoms with Crippen LogP contribution in [0.15, 0.2) is 0 Å². The van der Waals surface area contributed by atoms with E-state index >= 15 is 0 Å².